The van der Waals surface area contributed by atoms with Gasteiger partial charge in [0.15, 0.2) is 0 Å². The molecule has 3 heterocycles. The second-order valence-electron chi connectivity index (χ2n) is 4.35. The summed E-state index contributed by atoms with van der Waals surface area (Å²) in [6, 6.07) is 1.50. The molecule has 0 aliphatic carbocycles. The van der Waals surface area contributed by atoms with Gasteiger partial charge in [-0.3, -0.25) is 19.4 Å². The van der Waals surface area contributed by atoms with Gasteiger partial charge in [0.25, 0.3) is 0 Å². The van der Waals surface area contributed by atoms with Crippen LogP contribution in [0.15, 0.2) is 22.9 Å². The maximum Gasteiger partial charge on any atom is 0.329 e. The third kappa shape index (κ3) is 1.90. The number of hydrogen-bond donors (Lipinski definition) is 1. The van der Waals surface area contributed by atoms with Crippen molar-refractivity contribution in [3.05, 3.63) is 28.5 Å². The van der Waals surface area contributed by atoms with E-state index in [1.165, 1.54) is 4.90 Å². The highest BCUT2D eigenvalue weighted by molar-refractivity contribution is 9.10. The van der Waals surface area contributed by atoms with E-state index in [0.29, 0.717) is 18.8 Å². The first-order chi connectivity index (χ1) is 9.08. The van der Waals surface area contributed by atoms with E-state index in [4.69, 9.17) is 0 Å². The van der Waals surface area contributed by atoms with Crippen LogP contribution < -0.4 is 10.2 Å². The summed E-state index contributed by atoms with van der Waals surface area (Å²) in [6.45, 7) is 2.32. The van der Waals surface area contributed by atoms with Gasteiger partial charge in [0.2, 0.25) is 5.91 Å². The summed E-state index contributed by atoms with van der Waals surface area (Å²) < 4.78 is 2.81. The Morgan fingerprint density at radius 3 is 2.95 bits per heavy atom. The Balaban J connectivity index is 2.09. The SMILES string of the molecule is Cc1c(Br)ccn2c(N3CCC(=O)NC3=O)cnc12. The molecule has 7 heteroatoms. The predicted molar refractivity (Wildman–Crippen MR) is 73.1 cm³/mol. The first-order valence-corrected chi connectivity index (χ1v) is 6.61. The molecular formula is C12H11BrN4O2. The van der Waals surface area contributed by atoms with E-state index >= 15 is 0 Å². The number of carbonyl (C=O) groups is 2. The number of halogens is 1. The van der Waals surface area contributed by atoms with Crippen molar-refractivity contribution in [1.29, 1.82) is 0 Å². The lowest BCUT2D eigenvalue weighted by Crippen LogP contribution is -2.50. The second kappa shape index (κ2) is 4.34. The fraction of sp³-hybridized carbons (Fsp3) is 0.250. The van der Waals surface area contributed by atoms with Crippen molar-refractivity contribution in [3.8, 4) is 0 Å². The third-order valence-corrected chi connectivity index (χ3v) is 4.03. The number of nitrogens with zero attached hydrogens (tertiary/aromatic N) is 3. The van der Waals surface area contributed by atoms with Gasteiger partial charge in [-0.2, -0.15) is 0 Å². The molecule has 2 aromatic heterocycles. The summed E-state index contributed by atoms with van der Waals surface area (Å²) >= 11 is 3.45. The van der Waals surface area contributed by atoms with Crippen molar-refractivity contribution in [2.75, 3.05) is 11.4 Å². The van der Waals surface area contributed by atoms with Crippen LogP contribution in [0, 0.1) is 6.92 Å². The number of fused-ring (bicyclic) bond motifs is 1. The quantitative estimate of drug-likeness (QED) is 0.871. The predicted octanol–water partition coefficient (Wildman–Crippen LogP) is 1.85. The summed E-state index contributed by atoms with van der Waals surface area (Å²) in [5, 5.41) is 2.31. The van der Waals surface area contributed by atoms with Gasteiger partial charge in [0.05, 0.1) is 6.20 Å². The van der Waals surface area contributed by atoms with Crippen LogP contribution in [0.5, 0.6) is 0 Å². The summed E-state index contributed by atoms with van der Waals surface area (Å²) in [6.07, 6.45) is 3.79. The van der Waals surface area contributed by atoms with E-state index in [9.17, 15) is 9.59 Å². The number of carbonyl (C=O) groups excluding carboxylic acids is 2. The number of aryl methyl sites for hydroxylation is 1. The lowest BCUT2D eigenvalue weighted by Gasteiger charge is -2.25. The summed E-state index contributed by atoms with van der Waals surface area (Å²) in [7, 11) is 0. The number of imidazole rings is 1. The van der Waals surface area contributed by atoms with Crippen molar-refractivity contribution in [1.82, 2.24) is 14.7 Å². The molecular weight excluding hydrogens is 312 g/mol. The maximum absolute atomic E-state index is 11.8. The maximum atomic E-state index is 11.8. The topological polar surface area (TPSA) is 66.7 Å². The van der Waals surface area contributed by atoms with Crippen molar-refractivity contribution >= 4 is 39.3 Å². The molecule has 0 atom stereocenters. The molecule has 3 rings (SSSR count). The zero-order valence-electron chi connectivity index (χ0n) is 10.2. The van der Waals surface area contributed by atoms with Gasteiger partial charge >= 0.3 is 6.03 Å². The van der Waals surface area contributed by atoms with Crippen molar-refractivity contribution in [3.63, 3.8) is 0 Å². The smallest absolute Gasteiger partial charge is 0.286 e. The minimum absolute atomic E-state index is 0.242. The Labute approximate surface area is 117 Å². The van der Waals surface area contributed by atoms with E-state index in [1.807, 2.05) is 23.6 Å². The molecule has 98 valence electrons. The van der Waals surface area contributed by atoms with Crippen LogP contribution in [0.1, 0.15) is 12.0 Å². The van der Waals surface area contributed by atoms with E-state index in [0.717, 1.165) is 15.7 Å². The Bertz CT molecular complexity index is 694. The van der Waals surface area contributed by atoms with Crippen LogP contribution >= 0.6 is 15.9 Å². The number of hydrogen-bond acceptors (Lipinski definition) is 3. The molecule has 19 heavy (non-hydrogen) atoms. The molecule has 3 amide bonds. The molecule has 6 nitrogen and oxygen atoms in total. The Morgan fingerprint density at radius 1 is 1.42 bits per heavy atom. The molecule has 1 saturated heterocycles. The molecule has 0 aromatic carbocycles. The van der Waals surface area contributed by atoms with Gasteiger partial charge in [0, 0.05) is 29.2 Å². The average Bonchev–Trinajstić information content (AvgIpc) is 2.78. The number of amides is 3. The molecule has 1 aliphatic rings. The van der Waals surface area contributed by atoms with Crippen molar-refractivity contribution in [2.45, 2.75) is 13.3 Å². The van der Waals surface area contributed by atoms with Crippen LogP contribution in [0.4, 0.5) is 10.6 Å². The first-order valence-electron chi connectivity index (χ1n) is 5.81. The normalized spacial score (nSPS) is 16.0. The van der Waals surface area contributed by atoms with Crippen molar-refractivity contribution < 1.29 is 9.59 Å². The van der Waals surface area contributed by atoms with Crippen LogP contribution in [0.2, 0.25) is 0 Å². The second-order valence-corrected chi connectivity index (χ2v) is 5.21. The highest BCUT2D eigenvalue weighted by atomic mass is 79.9. The van der Waals surface area contributed by atoms with E-state index in [1.54, 1.807) is 6.20 Å². The Kier molecular flexibility index (Phi) is 2.78. The molecule has 0 unspecified atom stereocenters. The lowest BCUT2D eigenvalue weighted by molar-refractivity contribution is -0.120. The minimum atomic E-state index is -0.404. The third-order valence-electron chi connectivity index (χ3n) is 3.17. The molecule has 0 bridgehead atoms. The largest absolute Gasteiger partial charge is 0.329 e. The zero-order chi connectivity index (χ0) is 13.6. The molecule has 0 saturated carbocycles. The van der Waals surface area contributed by atoms with E-state index in [-0.39, 0.29) is 5.91 Å². The Morgan fingerprint density at radius 2 is 2.21 bits per heavy atom. The summed E-state index contributed by atoms with van der Waals surface area (Å²) in [5.41, 5.74) is 1.79. The fourth-order valence-corrected chi connectivity index (χ4v) is 2.43. The molecule has 2 aromatic rings. The molecule has 0 spiro atoms. The summed E-state index contributed by atoms with van der Waals surface area (Å²) in [4.78, 5) is 28.9. The number of urea groups is 1. The number of imide groups is 1. The van der Waals surface area contributed by atoms with Crippen molar-refractivity contribution in [2.24, 2.45) is 0 Å². The standard InChI is InChI=1S/C12H11BrN4O2/c1-7-8(13)2-4-16-10(6-14-11(7)16)17-5-3-9(18)15-12(17)19/h2,4,6H,3,5H2,1H3,(H,15,18,19). The number of anilines is 1. The monoisotopic (exact) mass is 322 g/mol. The number of rotatable bonds is 1. The highest BCUT2D eigenvalue weighted by Gasteiger charge is 2.26. The van der Waals surface area contributed by atoms with Gasteiger partial charge in [-0.15, -0.1) is 0 Å². The average molecular weight is 323 g/mol. The fourth-order valence-electron chi connectivity index (χ4n) is 2.13. The van der Waals surface area contributed by atoms with Crippen LogP contribution in [-0.4, -0.2) is 27.9 Å². The van der Waals surface area contributed by atoms with E-state index in [2.05, 4.69) is 26.2 Å². The van der Waals surface area contributed by atoms with Crippen LogP contribution in [0.25, 0.3) is 5.65 Å². The summed E-state index contributed by atoms with van der Waals surface area (Å²) in [5.74, 6) is 0.421. The van der Waals surface area contributed by atoms with Gasteiger partial charge < -0.3 is 0 Å². The van der Waals surface area contributed by atoms with Gasteiger partial charge in [-0.25, -0.2) is 9.78 Å². The van der Waals surface area contributed by atoms with Gasteiger partial charge in [0.1, 0.15) is 11.5 Å². The number of pyridine rings is 1. The van der Waals surface area contributed by atoms with Crippen LogP contribution in [0.3, 0.4) is 0 Å². The first kappa shape index (κ1) is 12.2. The molecule has 1 aliphatic heterocycles. The molecule has 0 radical (unpaired) electrons. The van der Waals surface area contributed by atoms with Gasteiger partial charge in [-0.1, -0.05) is 15.9 Å². The van der Waals surface area contributed by atoms with Gasteiger partial charge in [-0.05, 0) is 13.0 Å². The Hall–Kier alpha value is -1.89. The number of nitrogens with one attached hydrogen (secondary N) is 1. The lowest BCUT2D eigenvalue weighted by atomic mass is 10.3. The number of aromatic nitrogens is 2. The zero-order valence-corrected chi connectivity index (χ0v) is 11.8. The minimum Gasteiger partial charge on any atom is -0.286 e. The molecule has 1 fully saturated rings. The highest BCUT2D eigenvalue weighted by Crippen LogP contribution is 2.25. The van der Waals surface area contributed by atoms with Crippen LogP contribution in [-0.2, 0) is 4.79 Å². The molecule has 1 N–H and O–H groups in total. The van der Waals surface area contributed by atoms with E-state index < -0.39 is 6.03 Å².